The first-order chi connectivity index (χ1) is 15.0. The van der Waals surface area contributed by atoms with Crippen LogP contribution < -0.4 is 10.1 Å². The van der Waals surface area contributed by atoms with Crippen molar-refractivity contribution in [3.05, 3.63) is 95.8 Å². The summed E-state index contributed by atoms with van der Waals surface area (Å²) in [5.74, 6) is 1.21. The number of anilines is 1. The van der Waals surface area contributed by atoms with E-state index in [2.05, 4.69) is 35.6 Å². The Morgan fingerprint density at radius 1 is 1.19 bits per heavy atom. The Labute approximate surface area is 183 Å². The van der Waals surface area contributed by atoms with Gasteiger partial charge in [0.1, 0.15) is 17.5 Å². The van der Waals surface area contributed by atoms with E-state index in [1.807, 2.05) is 67.8 Å². The van der Waals surface area contributed by atoms with E-state index in [4.69, 9.17) is 4.74 Å². The third kappa shape index (κ3) is 4.61. The number of Topliss-reactive ketones (excluding diaryl/α,β-unsaturated/α-hetero) is 1. The Morgan fingerprint density at radius 3 is 2.71 bits per heavy atom. The van der Waals surface area contributed by atoms with E-state index < -0.39 is 6.04 Å². The molecule has 0 saturated heterocycles. The third-order valence-corrected chi connectivity index (χ3v) is 5.46. The first-order valence-electron chi connectivity index (χ1n) is 10.5. The number of benzene rings is 2. The maximum absolute atomic E-state index is 13.8. The highest BCUT2D eigenvalue weighted by molar-refractivity contribution is 6.05. The van der Waals surface area contributed by atoms with Crippen molar-refractivity contribution in [2.45, 2.75) is 19.4 Å². The second-order valence-electron chi connectivity index (χ2n) is 7.88. The minimum Gasteiger partial charge on any atom is -0.497 e. The molecule has 3 aromatic rings. The zero-order valence-electron chi connectivity index (χ0n) is 18.1. The summed E-state index contributed by atoms with van der Waals surface area (Å²) in [6.07, 6.45) is 9.16. The molecule has 1 aliphatic carbocycles. The minimum atomic E-state index is -0.552. The van der Waals surface area contributed by atoms with E-state index >= 15 is 0 Å². The molecule has 0 spiro atoms. The number of ether oxygens (including phenoxy) is 1. The molecule has 1 N–H and O–H groups in total. The molecule has 2 atom stereocenters. The van der Waals surface area contributed by atoms with E-state index in [-0.39, 0.29) is 5.78 Å². The minimum absolute atomic E-state index is 0.0231. The lowest BCUT2D eigenvalue weighted by molar-refractivity contribution is 0.0969. The van der Waals surface area contributed by atoms with Gasteiger partial charge < -0.3 is 10.1 Å². The van der Waals surface area contributed by atoms with Gasteiger partial charge in [0.25, 0.3) is 0 Å². The lowest BCUT2D eigenvalue weighted by Gasteiger charge is -2.20. The van der Waals surface area contributed by atoms with Gasteiger partial charge in [-0.25, -0.2) is 0 Å². The van der Waals surface area contributed by atoms with Crippen LogP contribution >= 0.6 is 0 Å². The number of allylic oxidation sites excluding steroid dienone is 4. The summed E-state index contributed by atoms with van der Waals surface area (Å²) >= 11 is 0. The van der Waals surface area contributed by atoms with Gasteiger partial charge in [-0.3, -0.25) is 9.48 Å². The molecular formula is C26H27N3O2. The molecule has 0 fully saturated rings. The number of nitrogens with zero attached hydrogens (tertiary/aromatic N) is 2. The molecule has 0 amide bonds. The van der Waals surface area contributed by atoms with Crippen molar-refractivity contribution in [3.8, 4) is 5.75 Å². The molecule has 2 unspecified atom stereocenters. The second kappa shape index (κ2) is 9.04. The lowest BCUT2D eigenvalue weighted by atomic mass is 9.92. The van der Waals surface area contributed by atoms with Crippen LogP contribution in [0.2, 0.25) is 0 Å². The Balaban J connectivity index is 1.73. The molecule has 158 valence electrons. The molecule has 1 heterocycles. The second-order valence-corrected chi connectivity index (χ2v) is 7.88. The van der Waals surface area contributed by atoms with Gasteiger partial charge in [0, 0.05) is 25.0 Å². The van der Waals surface area contributed by atoms with E-state index in [1.54, 1.807) is 11.8 Å². The molecule has 2 aromatic carbocycles. The maximum atomic E-state index is 13.8. The van der Waals surface area contributed by atoms with Crippen molar-refractivity contribution in [3.63, 3.8) is 0 Å². The Morgan fingerprint density at radius 2 is 2.00 bits per heavy atom. The highest BCUT2D eigenvalue weighted by atomic mass is 16.5. The number of hydrogen-bond donors (Lipinski definition) is 1. The smallest absolute Gasteiger partial charge is 0.193 e. The standard InChI is InChI=1S/C26H27N3O2/c1-18-12-14-20(15-13-18)24-23(17-29(2)28-24)26(30)25(19-8-5-4-6-9-19)27-21-10-7-11-22(16-21)31-3/h4-12,14-18,25,27H,13H2,1-3H3. The van der Waals surface area contributed by atoms with Crippen LogP contribution in [-0.2, 0) is 7.05 Å². The number of aryl methyl sites for hydroxylation is 1. The molecule has 0 aliphatic heterocycles. The van der Waals surface area contributed by atoms with Gasteiger partial charge in [-0.15, -0.1) is 0 Å². The summed E-state index contributed by atoms with van der Waals surface area (Å²) in [6, 6.07) is 16.8. The number of hydrogen-bond acceptors (Lipinski definition) is 4. The molecule has 0 bridgehead atoms. The lowest BCUT2D eigenvalue weighted by Crippen LogP contribution is -2.22. The first kappa shape index (κ1) is 20.7. The van der Waals surface area contributed by atoms with E-state index in [9.17, 15) is 4.79 Å². The van der Waals surface area contributed by atoms with Crippen LogP contribution in [0.5, 0.6) is 5.75 Å². The van der Waals surface area contributed by atoms with Crippen LogP contribution in [-0.4, -0.2) is 22.7 Å². The highest BCUT2D eigenvalue weighted by Crippen LogP contribution is 2.30. The summed E-state index contributed by atoms with van der Waals surface area (Å²) in [4.78, 5) is 13.8. The van der Waals surface area contributed by atoms with Crippen molar-refractivity contribution >= 4 is 17.0 Å². The average Bonchev–Trinajstić information content (AvgIpc) is 3.20. The van der Waals surface area contributed by atoms with Crippen LogP contribution in [0.4, 0.5) is 5.69 Å². The number of carbonyl (C=O) groups excluding carboxylic acids is 1. The number of aromatic nitrogens is 2. The fourth-order valence-electron chi connectivity index (χ4n) is 3.77. The zero-order valence-corrected chi connectivity index (χ0v) is 18.1. The molecule has 31 heavy (non-hydrogen) atoms. The molecular weight excluding hydrogens is 386 g/mol. The number of nitrogens with one attached hydrogen (secondary N) is 1. The van der Waals surface area contributed by atoms with Crippen LogP contribution in [0.3, 0.4) is 0 Å². The van der Waals surface area contributed by atoms with E-state index in [1.165, 1.54) is 0 Å². The molecule has 0 saturated carbocycles. The van der Waals surface area contributed by atoms with Crippen molar-refractivity contribution in [1.82, 2.24) is 9.78 Å². The number of ketones is 1. The summed E-state index contributed by atoms with van der Waals surface area (Å²) in [5.41, 5.74) is 4.04. The van der Waals surface area contributed by atoms with Gasteiger partial charge in [0.2, 0.25) is 0 Å². The van der Waals surface area contributed by atoms with Gasteiger partial charge in [-0.05, 0) is 35.6 Å². The largest absolute Gasteiger partial charge is 0.497 e. The van der Waals surface area contributed by atoms with Crippen molar-refractivity contribution in [1.29, 1.82) is 0 Å². The number of methoxy groups -OCH3 is 1. The predicted octanol–water partition coefficient (Wildman–Crippen LogP) is 5.44. The molecule has 4 rings (SSSR count). The topological polar surface area (TPSA) is 56.1 Å². The fraction of sp³-hybridized carbons (Fsp3) is 0.231. The normalized spacial score (nSPS) is 16.5. The van der Waals surface area contributed by atoms with Crippen LogP contribution in [0.25, 0.3) is 5.57 Å². The fourth-order valence-corrected chi connectivity index (χ4v) is 3.77. The van der Waals surface area contributed by atoms with Gasteiger partial charge in [-0.2, -0.15) is 5.10 Å². The monoisotopic (exact) mass is 413 g/mol. The average molecular weight is 414 g/mol. The van der Waals surface area contributed by atoms with Crippen LogP contribution in [0.1, 0.15) is 41.0 Å². The van der Waals surface area contributed by atoms with Crippen molar-refractivity contribution in [2.75, 3.05) is 12.4 Å². The Hall–Kier alpha value is -3.60. The van der Waals surface area contributed by atoms with Crippen LogP contribution in [0.15, 0.2) is 79.0 Å². The first-order valence-corrected chi connectivity index (χ1v) is 10.5. The molecule has 0 radical (unpaired) electrons. The quantitative estimate of drug-likeness (QED) is 0.524. The summed E-state index contributed by atoms with van der Waals surface area (Å²) < 4.78 is 7.06. The Bertz CT molecular complexity index is 1130. The summed E-state index contributed by atoms with van der Waals surface area (Å²) in [6.45, 7) is 2.18. The van der Waals surface area contributed by atoms with E-state index in [0.717, 1.165) is 34.7 Å². The van der Waals surface area contributed by atoms with Crippen molar-refractivity contribution < 1.29 is 9.53 Å². The predicted molar refractivity (Wildman–Crippen MR) is 124 cm³/mol. The van der Waals surface area contributed by atoms with Crippen molar-refractivity contribution in [2.24, 2.45) is 13.0 Å². The zero-order chi connectivity index (χ0) is 21.8. The maximum Gasteiger partial charge on any atom is 0.193 e. The summed E-state index contributed by atoms with van der Waals surface area (Å²) in [7, 11) is 3.48. The molecule has 1 aliphatic rings. The van der Waals surface area contributed by atoms with E-state index in [0.29, 0.717) is 11.5 Å². The summed E-state index contributed by atoms with van der Waals surface area (Å²) in [5, 5.41) is 8.03. The molecule has 1 aromatic heterocycles. The number of carbonyl (C=O) groups is 1. The Kier molecular flexibility index (Phi) is 6.03. The van der Waals surface area contributed by atoms with Crippen LogP contribution in [0, 0.1) is 5.92 Å². The van der Waals surface area contributed by atoms with Gasteiger partial charge in [0.05, 0.1) is 12.7 Å². The molecule has 5 nitrogen and oxygen atoms in total. The molecule has 5 heteroatoms. The van der Waals surface area contributed by atoms with Gasteiger partial charge >= 0.3 is 0 Å². The van der Waals surface area contributed by atoms with Gasteiger partial charge in [0.15, 0.2) is 5.78 Å². The third-order valence-electron chi connectivity index (χ3n) is 5.46. The SMILES string of the molecule is COc1cccc(NC(C(=O)c2cn(C)nc2C2=CCC(C)C=C2)c2ccccc2)c1. The highest BCUT2D eigenvalue weighted by Gasteiger charge is 2.27. The number of rotatable bonds is 7. The van der Waals surface area contributed by atoms with Gasteiger partial charge in [-0.1, -0.05) is 61.5 Å².